The fraction of sp³-hybridized carbons (Fsp3) is 0.619. The molecule has 3 heterocycles. The number of piperidine rings is 1. The van der Waals surface area contributed by atoms with Gasteiger partial charge in [-0.05, 0) is 49.6 Å². The monoisotopic (exact) mass is 403 g/mol. The Morgan fingerprint density at radius 2 is 2.32 bits per heavy atom. The van der Waals surface area contributed by atoms with Crippen molar-refractivity contribution in [2.45, 2.75) is 52.6 Å². The van der Waals surface area contributed by atoms with Crippen LogP contribution in [0.25, 0.3) is 0 Å². The van der Waals surface area contributed by atoms with Gasteiger partial charge in [0.05, 0.1) is 5.69 Å². The van der Waals surface area contributed by atoms with Gasteiger partial charge in [-0.25, -0.2) is 4.99 Å². The molecule has 0 spiro atoms. The van der Waals surface area contributed by atoms with E-state index in [1.54, 1.807) is 0 Å². The third kappa shape index (κ3) is 6.34. The third-order valence-corrected chi connectivity index (χ3v) is 5.89. The number of guanidine groups is 1. The Kier molecular flexibility index (Phi) is 7.91. The van der Waals surface area contributed by atoms with Crippen molar-refractivity contribution in [2.24, 2.45) is 10.9 Å². The summed E-state index contributed by atoms with van der Waals surface area (Å²) < 4.78 is 5.39. The molecule has 2 aromatic rings. The molecule has 0 aliphatic carbocycles. The Labute approximate surface area is 172 Å². The van der Waals surface area contributed by atoms with E-state index in [0.29, 0.717) is 18.4 Å². The second kappa shape index (κ2) is 10.6. The molecule has 1 atom stereocenters. The summed E-state index contributed by atoms with van der Waals surface area (Å²) in [5.41, 5.74) is 0.983. The number of nitrogens with zero attached hydrogens (tertiary/aromatic N) is 3. The van der Waals surface area contributed by atoms with Gasteiger partial charge in [-0.3, -0.25) is 4.90 Å². The van der Waals surface area contributed by atoms with E-state index in [2.05, 4.69) is 64.0 Å². The molecule has 6 nitrogen and oxygen atoms in total. The molecule has 1 saturated heterocycles. The van der Waals surface area contributed by atoms with E-state index in [9.17, 15) is 0 Å². The number of rotatable bonds is 8. The van der Waals surface area contributed by atoms with E-state index in [4.69, 9.17) is 4.52 Å². The van der Waals surface area contributed by atoms with Crippen LogP contribution in [-0.4, -0.2) is 42.2 Å². The minimum Gasteiger partial charge on any atom is -0.359 e. The summed E-state index contributed by atoms with van der Waals surface area (Å²) in [6, 6.07) is 6.37. The molecule has 0 saturated carbocycles. The number of thiophene rings is 1. The third-order valence-electron chi connectivity index (χ3n) is 5.03. The maximum absolute atomic E-state index is 5.39. The Hall–Kier alpha value is -1.86. The predicted molar refractivity (Wildman–Crippen MR) is 116 cm³/mol. The highest BCUT2D eigenvalue weighted by Gasteiger charge is 2.20. The Morgan fingerprint density at radius 3 is 3.04 bits per heavy atom. The lowest BCUT2D eigenvalue weighted by Gasteiger charge is -2.32. The Bertz CT molecular complexity index is 725. The topological polar surface area (TPSA) is 65.7 Å². The molecule has 0 bridgehead atoms. The molecule has 1 aliphatic heterocycles. The number of aliphatic imine (C=N–C) groups is 1. The lowest BCUT2D eigenvalue weighted by molar-refractivity contribution is 0.169. The molecule has 0 amide bonds. The smallest absolute Gasteiger partial charge is 0.191 e. The number of likely N-dealkylation sites (tertiary alicyclic amines) is 1. The van der Waals surface area contributed by atoms with E-state index < -0.39 is 0 Å². The van der Waals surface area contributed by atoms with E-state index in [1.807, 2.05) is 17.4 Å². The lowest BCUT2D eigenvalue weighted by atomic mass is 9.98. The molecule has 2 N–H and O–H groups in total. The lowest BCUT2D eigenvalue weighted by Crippen LogP contribution is -2.44. The molecule has 2 aromatic heterocycles. The van der Waals surface area contributed by atoms with Crippen molar-refractivity contribution in [1.82, 2.24) is 20.7 Å². The van der Waals surface area contributed by atoms with E-state index in [0.717, 1.165) is 43.6 Å². The first-order chi connectivity index (χ1) is 13.6. The van der Waals surface area contributed by atoms with Crippen LogP contribution in [-0.2, 0) is 13.1 Å². The minimum absolute atomic E-state index is 0.372. The largest absolute Gasteiger partial charge is 0.359 e. The first-order valence-electron chi connectivity index (χ1n) is 10.4. The molecule has 154 valence electrons. The van der Waals surface area contributed by atoms with Crippen molar-refractivity contribution in [3.63, 3.8) is 0 Å². The molecule has 0 radical (unpaired) electrons. The van der Waals surface area contributed by atoms with Gasteiger partial charge in [0.1, 0.15) is 6.54 Å². The van der Waals surface area contributed by atoms with Crippen LogP contribution in [0.5, 0.6) is 0 Å². The van der Waals surface area contributed by atoms with Crippen molar-refractivity contribution in [3.05, 3.63) is 39.9 Å². The van der Waals surface area contributed by atoms with Crippen LogP contribution in [0.2, 0.25) is 0 Å². The minimum atomic E-state index is 0.372. The molecule has 28 heavy (non-hydrogen) atoms. The normalized spacial score (nSPS) is 18.6. The highest BCUT2D eigenvalue weighted by Crippen LogP contribution is 2.20. The van der Waals surface area contributed by atoms with Gasteiger partial charge in [0.2, 0.25) is 0 Å². The van der Waals surface area contributed by atoms with Crippen molar-refractivity contribution in [3.8, 4) is 0 Å². The van der Waals surface area contributed by atoms with Crippen LogP contribution < -0.4 is 10.6 Å². The summed E-state index contributed by atoms with van der Waals surface area (Å²) in [6.45, 7) is 12.0. The van der Waals surface area contributed by atoms with E-state index >= 15 is 0 Å². The zero-order valence-corrected chi connectivity index (χ0v) is 18.1. The summed E-state index contributed by atoms with van der Waals surface area (Å²) in [5, 5.41) is 13.1. The average molecular weight is 404 g/mol. The highest BCUT2D eigenvalue weighted by atomic mass is 32.1. The van der Waals surface area contributed by atoms with Crippen LogP contribution in [0.3, 0.4) is 0 Å². The number of aromatic nitrogens is 1. The van der Waals surface area contributed by atoms with Gasteiger partial charge in [-0.2, -0.15) is 0 Å². The zero-order chi connectivity index (χ0) is 19.8. The van der Waals surface area contributed by atoms with Crippen molar-refractivity contribution in [2.75, 3.05) is 26.2 Å². The molecular weight excluding hydrogens is 370 g/mol. The van der Waals surface area contributed by atoms with Crippen LogP contribution in [0, 0.1) is 5.92 Å². The van der Waals surface area contributed by atoms with Gasteiger partial charge in [0.15, 0.2) is 11.7 Å². The quantitative estimate of drug-likeness (QED) is 0.518. The molecule has 7 heteroatoms. The van der Waals surface area contributed by atoms with Gasteiger partial charge in [-0.1, -0.05) is 25.1 Å². The fourth-order valence-corrected chi connectivity index (χ4v) is 4.25. The van der Waals surface area contributed by atoms with E-state index in [-0.39, 0.29) is 0 Å². The number of nitrogens with one attached hydrogen (secondary N) is 2. The zero-order valence-electron chi connectivity index (χ0n) is 17.3. The standard InChI is InChI=1S/C21H33N5OS/c1-4-22-21(24-13-18-11-20(16(2)3)25-27-18)23-12-17-7-5-9-26(14-17)15-19-8-6-10-28-19/h6,8,10-11,16-17H,4-5,7,9,12-15H2,1-3H3,(H2,22,23,24). The fourth-order valence-electron chi connectivity index (χ4n) is 3.50. The first kappa shape index (κ1) is 20.9. The summed E-state index contributed by atoms with van der Waals surface area (Å²) in [5.74, 6) is 2.67. The second-order valence-electron chi connectivity index (χ2n) is 7.77. The maximum Gasteiger partial charge on any atom is 0.191 e. The average Bonchev–Trinajstić information content (AvgIpc) is 3.36. The maximum atomic E-state index is 5.39. The molecule has 0 aromatic carbocycles. The van der Waals surface area contributed by atoms with Crippen LogP contribution >= 0.6 is 11.3 Å². The second-order valence-corrected chi connectivity index (χ2v) is 8.80. The van der Waals surface area contributed by atoms with Crippen LogP contribution in [0.15, 0.2) is 33.1 Å². The molecular formula is C21H33N5OS. The summed E-state index contributed by atoms with van der Waals surface area (Å²) >= 11 is 1.85. The predicted octanol–water partition coefficient (Wildman–Crippen LogP) is 3.83. The Balaban J connectivity index is 1.49. The molecule has 1 fully saturated rings. The first-order valence-corrected chi connectivity index (χ1v) is 11.2. The van der Waals surface area contributed by atoms with Gasteiger partial charge in [0.25, 0.3) is 0 Å². The SMILES string of the molecule is CCNC(=NCc1cc(C(C)C)no1)NCC1CCCN(Cc2cccs2)C1. The van der Waals surface area contributed by atoms with Crippen LogP contribution in [0.4, 0.5) is 0 Å². The van der Waals surface area contributed by atoms with Crippen molar-refractivity contribution in [1.29, 1.82) is 0 Å². The van der Waals surface area contributed by atoms with Crippen molar-refractivity contribution < 1.29 is 4.52 Å². The summed E-state index contributed by atoms with van der Waals surface area (Å²) in [7, 11) is 0. The Morgan fingerprint density at radius 1 is 1.43 bits per heavy atom. The van der Waals surface area contributed by atoms with Crippen molar-refractivity contribution >= 4 is 17.3 Å². The number of hydrogen-bond acceptors (Lipinski definition) is 5. The number of hydrogen-bond donors (Lipinski definition) is 2. The highest BCUT2D eigenvalue weighted by molar-refractivity contribution is 7.09. The van der Waals surface area contributed by atoms with Gasteiger partial charge in [0, 0.05) is 37.1 Å². The van der Waals surface area contributed by atoms with Gasteiger partial charge in [-0.15, -0.1) is 11.3 Å². The van der Waals surface area contributed by atoms with Crippen LogP contribution in [0.1, 0.15) is 55.9 Å². The summed E-state index contributed by atoms with van der Waals surface area (Å²) in [4.78, 5) is 8.70. The van der Waals surface area contributed by atoms with Gasteiger partial charge >= 0.3 is 0 Å². The van der Waals surface area contributed by atoms with Gasteiger partial charge < -0.3 is 15.2 Å². The molecule has 1 unspecified atom stereocenters. The van der Waals surface area contributed by atoms with E-state index in [1.165, 1.54) is 24.3 Å². The summed E-state index contributed by atoms with van der Waals surface area (Å²) in [6.07, 6.45) is 2.54. The molecule has 1 aliphatic rings. The molecule has 3 rings (SSSR count).